The normalized spacial score (nSPS) is 31.4. The van der Waals surface area contributed by atoms with Crippen molar-refractivity contribution in [2.45, 2.75) is 151 Å². The van der Waals surface area contributed by atoms with Gasteiger partial charge in [-0.2, -0.15) is 0 Å². The summed E-state index contributed by atoms with van der Waals surface area (Å²) in [4.78, 5) is 0. The molecule has 0 aromatic carbocycles. The van der Waals surface area contributed by atoms with E-state index in [1.165, 1.54) is 0 Å². The predicted molar refractivity (Wildman–Crippen MR) is 147 cm³/mol. The molecule has 0 amide bonds. The first-order valence-electron chi connectivity index (χ1n) is 13.8. The van der Waals surface area contributed by atoms with Crippen molar-refractivity contribution in [2.24, 2.45) is 11.8 Å². The predicted octanol–water partition coefficient (Wildman–Crippen LogP) is 2.05. The van der Waals surface area contributed by atoms with Gasteiger partial charge in [0.2, 0.25) is 0 Å². The van der Waals surface area contributed by atoms with Crippen molar-refractivity contribution in [3.63, 3.8) is 0 Å². The molecule has 204 valence electrons. The first-order chi connectivity index (χ1) is 15.9. The molecule has 6 nitrogen and oxygen atoms in total. The van der Waals surface area contributed by atoms with Gasteiger partial charge < -0.3 is 9.44 Å². The quantitative estimate of drug-likeness (QED) is 0.391. The van der Waals surface area contributed by atoms with E-state index in [0.29, 0.717) is 11.8 Å². The molecule has 10 heteroatoms. The Bertz CT molecular complexity index is 660. The Morgan fingerprint density at radius 3 is 1.40 bits per heavy atom. The number of fused-ring (bicyclic) bond motifs is 3. The van der Waals surface area contributed by atoms with Gasteiger partial charge in [-0.05, 0) is 31.1 Å². The zero-order chi connectivity index (χ0) is 26.8. The van der Waals surface area contributed by atoms with E-state index in [1.54, 1.807) is 0 Å². The third kappa shape index (κ3) is 15.3. The summed E-state index contributed by atoms with van der Waals surface area (Å²) in [5.74, 6) is 1.08. The summed E-state index contributed by atoms with van der Waals surface area (Å²) < 4.78 is 52.4. The molecule has 0 spiro atoms. The van der Waals surface area contributed by atoms with Crippen LogP contribution in [0.15, 0.2) is 0 Å². The second kappa shape index (κ2) is 27.6. The average Bonchev–Trinajstić information content (AvgIpc) is 3.55. The van der Waals surface area contributed by atoms with Crippen molar-refractivity contribution >= 4 is 20.0 Å². The maximum Gasteiger partial charge on any atom is 1.00 e. The first-order valence-corrected chi connectivity index (χ1v) is 16.8. The van der Waals surface area contributed by atoms with Gasteiger partial charge in [0.15, 0.2) is 0 Å². The van der Waals surface area contributed by atoms with Gasteiger partial charge in [0.1, 0.15) is 0 Å². The summed E-state index contributed by atoms with van der Waals surface area (Å²) >= 11 is 0. The summed E-state index contributed by atoms with van der Waals surface area (Å²) in [6.45, 7) is 24.0. The fourth-order valence-electron chi connectivity index (χ4n) is 4.76. The summed E-state index contributed by atoms with van der Waals surface area (Å²) in [5, 5.41) is -0.197. The Morgan fingerprint density at radius 1 is 0.571 bits per heavy atom. The van der Waals surface area contributed by atoms with Gasteiger partial charge in [-0.25, -0.2) is 16.8 Å². The molecular weight excluding hydrogens is 627 g/mol. The minimum atomic E-state index is -3.01. The smallest absolute Gasteiger partial charge is 0.546 e. The van der Waals surface area contributed by atoms with Crippen molar-refractivity contribution in [1.29, 1.82) is 0 Å². The van der Waals surface area contributed by atoms with Gasteiger partial charge in [-0.1, -0.05) is 109 Å². The van der Waals surface area contributed by atoms with Crippen LogP contribution in [0.25, 0.3) is 9.44 Å². The second-order valence-corrected chi connectivity index (χ2v) is 10.8. The molecule has 0 aromatic rings. The first kappa shape index (κ1) is 48.2. The van der Waals surface area contributed by atoms with Gasteiger partial charge in [0.25, 0.3) is 0 Å². The van der Waals surface area contributed by atoms with E-state index in [2.05, 4.69) is 9.44 Å². The molecule has 2 aliphatic heterocycles. The molecule has 6 unspecified atom stereocenters. The van der Waals surface area contributed by atoms with Gasteiger partial charge in [-0.15, -0.1) is 12.1 Å². The Morgan fingerprint density at radius 2 is 1.06 bits per heavy atom. The molecule has 4 bridgehead atoms. The zero-order valence-corrected chi connectivity index (χ0v) is 37.2. The molecule has 5 fully saturated rings. The molecule has 0 N–H and O–H groups in total. The maximum absolute atomic E-state index is 11.3. The fraction of sp³-hybridized carbons (Fsp3) is 1.00. The number of nitrogens with zero attached hydrogens (tertiary/aromatic N) is 2. The fourth-order valence-corrected chi connectivity index (χ4v) is 8.50. The molecule has 3 aliphatic carbocycles. The van der Waals surface area contributed by atoms with Crippen molar-refractivity contribution in [2.75, 3.05) is 0 Å². The second-order valence-electron chi connectivity index (χ2n) is 7.03. The van der Waals surface area contributed by atoms with Crippen LogP contribution in [0, 0.1) is 11.8 Å². The van der Waals surface area contributed by atoms with E-state index in [-0.39, 0.29) is 139 Å². The molecule has 2 heterocycles. The Hall–Kier alpha value is 3.43. The number of hydrogen-bond acceptors (Lipinski definition) is 4. The van der Waals surface area contributed by atoms with Crippen LogP contribution in [0.4, 0.5) is 0 Å². The minimum absolute atomic E-state index is 0. The average molecular weight is 684 g/mol. The standard InChI is InChI=1S/C7H10NO2S.C6H10NO2S.6C2H6.2Rb/c9-11(10)7-3-4-1-5(7)6(2-4)8-11;8-10(9)6-3-1-2-5(4-6)7-10;6*1-2;;/h4-7H,1-3H2;5-6H,1-4H2;6*1-2H3;;/q2*-1;;;;;;;2*+1. The summed E-state index contributed by atoms with van der Waals surface area (Å²) in [7, 11) is -6.01. The molecule has 6 atom stereocenters. The third-order valence-electron chi connectivity index (χ3n) is 5.70. The summed E-state index contributed by atoms with van der Waals surface area (Å²) in [6.07, 6.45) is 6.71. The Balaban J connectivity index is -0.000000116. The minimum Gasteiger partial charge on any atom is -0.546 e. The van der Waals surface area contributed by atoms with E-state index in [4.69, 9.17) is 0 Å². The maximum atomic E-state index is 11.3. The summed E-state index contributed by atoms with van der Waals surface area (Å²) in [6, 6.07) is 0.326. The van der Waals surface area contributed by atoms with Crippen molar-refractivity contribution in [3.8, 4) is 0 Å². The van der Waals surface area contributed by atoms with Crippen LogP contribution in [0.3, 0.4) is 0 Å². The Kier molecular flexibility index (Phi) is 38.0. The zero-order valence-electron chi connectivity index (χ0n) is 25.8. The molecule has 35 heavy (non-hydrogen) atoms. The van der Waals surface area contributed by atoms with Gasteiger partial charge >= 0.3 is 116 Å². The third-order valence-corrected chi connectivity index (χ3v) is 9.43. The Labute approximate surface area is 319 Å². The number of hydrogen-bond donors (Lipinski definition) is 0. The van der Waals surface area contributed by atoms with Crippen LogP contribution < -0.4 is 116 Å². The van der Waals surface area contributed by atoms with Gasteiger partial charge in [0.05, 0.1) is 20.0 Å². The van der Waals surface area contributed by atoms with E-state index < -0.39 is 20.0 Å². The van der Waals surface area contributed by atoms with Crippen LogP contribution >= 0.6 is 0 Å². The van der Waals surface area contributed by atoms with Crippen molar-refractivity contribution in [1.82, 2.24) is 0 Å². The van der Waals surface area contributed by atoms with Gasteiger partial charge in [0, 0.05) is 10.5 Å². The molecule has 5 rings (SSSR count). The van der Waals surface area contributed by atoms with Crippen LogP contribution in [0.1, 0.15) is 128 Å². The molecule has 0 aromatic heterocycles. The number of sulfonamides is 2. The van der Waals surface area contributed by atoms with Crippen LogP contribution in [0.2, 0.25) is 0 Å². The van der Waals surface area contributed by atoms with Crippen LogP contribution in [-0.2, 0) is 20.0 Å². The monoisotopic (exact) mass is 682 g/mol. The molecule has 0 radical (unpaired) electrons. The van der Waals surface area contributed by atoms with E-state index in [0.717, 1.165) is 44.9 Å². The molecule has 3 saturated carbocycles. The van der Waals surface area contributed by atoms with Crippen LogP contribution in [-0.4, -0.2) is 39.4 Å². The summed E-state index contributed by atoms with van der Waals surface area (Å²) in [5.41, 5.74) is 0. The largest absolute Gasteiger partial charge is 1.00 e. The topological polar surface area (TPSA) is 96.5 Å². The number of rotatable bonds is 0. The molecule has 5 aliphatic rings. The molecular formula is C25H56N2O4Rb2S2. The van der Waals surface area contributed by atoms with E-state index in [1.807, 2.05) is 83.1 Å². The molecule has 2 saturated heterocycles. The van der Waals surface area contributed by atoms with Crippen molar-refractivity contribution < 1.29 is 133 Å². The SMILES string of the molecule is CC.CC.CC.CC.CC.CC.O=S1(=O)[N-]C2CC3CC2C1C3.O=S1(=O)[N-]C2CCCC1C2.[Rb+].[Rb+]. The van der Waals surface area contributed by atoms with E-state index in [9.17, 15) is 16.8 Å². The van der Waals surface area contributed by atoms with Crippen molar-refractivity contribution in [3.05, 3.63) is 9.44 Å². The van der Waals surface area contributed by atoms with Gasteiger partial charge in [-0.3, -0.25) is 0 Å². The van der Waals surface area contributed by atoms with Crippen LogP contribution in [0.5, 0.6) is 0 Å². The van der Waals surface area contributed by atoms with E-state index >= 15 is 0 Å².